The fraction of sp³-hybridized carbons (Fsp3) is 0.550. The summed E-state index contributed by atoms with van der Waals surface area (Å²) < 4.78 is 24.8. The Morgan fingerprint density at radius 2 is 1.89 bits per heavy atom. The number of nitrogens with two attached hydrogens (primary N) is 1. The van der Waals surface area contributed by atoms with Crippen LogP contribution in [0.15, 0.2) is 15.5 Å². The van der Waals surface area contributed by atoms with Gasteiger partial charge in [-0.1, -0.05) is 0 Å². The van der Waals surface area contributed by atoms with Crippen molar-refractivity contribution in [3.8, 4) is 5.88 Å². The molecule has 0 fully saturated rings. The van der Waals surface area contributed by atoms with Crippen molar-refractivity contribution in [1.82, 2.24) is 9.78 Å². The molecule has 2 heterocycles. The molecule has 0 saturated carbocycles. The number of aromatic nitrogens is 2. The molecule has 150 valence electrons. The maximum Gasteiger partial charge on any atom is 0.231 e. The molecule has 7 nitrogen and oxygen atoms in total. The van der Waals surface area contributed by atoms with Crippen molar-refractivity contribution in [1.29, 1.82) is 0 Å². The molecule has 0 bridgehead atoms. The van der Waals surface area contributed by atoms with E-state index in [4.69, 9.17) is 9.88 Å². The van der Waals surface area contributed by atoms with Gasteiger partial charge in [0.05, 0.1) is 12.7 Å². The van der Waals surface area contributed by atoms with Crippen molar-refractivity contribution in [2.75, 3.05) is 12.0 Å². The van der Waals surface area contributed by atoms with Gasteiger partial charge in [0.15, 0.2) is 0 Å². The average Bonchev–Trinajstić information content (AvgIpc) is 3.39. The van der Waals surface area contributed by atoms with E-state index in [2.05, 4.69) is 21.7 Å². The fourth-order valence-electron chi connectivity index (χ4n) is 5.00. The first-order chi connectivity index (χ1) is 13.5. The molecule has 2 aromatic rings. The number of fused-ring (bicyclic) bond motifs is 3. The Labute approximate surface area is 166 Å². The Morgan fingerprint density at radius 1 is 1.25 bits per heavy atom. The van der Waals surface area contributed by atoms with Gasteiger partial charge in [-0.15, -0.1) is 0 Å². The van der Waals surface area contributed by atoms with Crippen molar-refractivity contribution in [3.05, 3.63) is 34.0 Å². The molecule has 1 aromatic heterocycles. The summed E-state index contributed by atoms with van der Waals surface area (Å²) in [4.78, 5) is 0.387. The summed E-state index contributed by atoms with van der Waals surface area (Å²) in [5, 5.41) is 13.8. The van der Waals surface area contributed by atoms with E-state index in [0.29, 0.717) is 17.3 Å². The third-order valence-corrected chi connectivity index (χ3v) is 7.70. The highest BCUT2D eigenvalue weighted by atomic mass is 32.2. The molecule has 2 atom stereocenters. The second-order valence-corrected chi connectivity index (χ2v) is 9.91. The molecule has 1 aromatic carbocycles. The zero-order chi connectivity index (χ0) is 19.5. The van der Waals surface area contributed by atoms with Crippen molar-refractivity contribution in [3.63, 3.8) is 0 Å². The van der Waals surface area contributed by atoms with Crippen molar-refractivity contribution in [2.24, 2.45) is 9.50 Å². The summed E-state index contributed by atoms with van der Waals surface area (Å²) in [5.41, 5.74) is 8.59. The van der Waals surface area contributed by atoms with Crippen LogP contribution in [-0.2, 0) is 42.1 Å². The Bertz CT molecular complexity index is 1050. The van der Waals surface area contributed by atoms with Crippen LogP contribution in [0, 0.1) is 6.92 Å². The molecule has 1 unspecified atom stereocenters. The van der Waals surface area contributed by atoms with Gasteiger partial charge in [-0.3, -0.25) is 0 Å². The van der Waals surface area contributed by atoms with Crippen LogP contribution in [0.25, 0.3) is 0 Å². The molecule has 0 amide bonds. The standard InChI is InChI=1S/C20H27N5O2S/c1-12-10-25-20(27-12)18(9-23-25)28(21,26)24-11-22-19-16-7-3-5-14(16)13(2)15-6-4-8-17(15)19/h9,12,22H,3-8,10-11H2,1-2H3,(H2,21,24,26)/t12-,28?/m0/s1. The third-order valence-electron chi connectivity index (χ3n) is 6.27. The Hall–Kier alpha value is -2.06. The van der Waals surface area contributed by atoms with Crippen LogP contribution in [0.1, 0.15) is 47.6 Å². The summed E-state index contributed by atoms with van der Waals surface area (Å²) in [5.74, 6) is 0.487. The summed E-state index contributed by atoms with van der Waals surface area (Å²) >= 11 is 0. The van der Waals surface area contributed by atoms with Crippen LogP contribution in [0.3, 0.4) is 0 Å². The lowest BCUT2D eigenvalue weighted by Gasteiger charge is -2.19. The minimum Gasteiger partial charge on any atom is -0.472 e. The quantitative estimate of drug-likeness (QED) is 0.824. The first-order valence-electron chi connectivity index (χ1n) is 10.1. The molecular formula is C20H27N5O2S. The van der Waals surface area contributed by atoms with E-state index >= 15 is 0 Å². The molecule has 28 heavy (non-hydrogen) atoms. The predicted octanol–water partition coefficient (Wildman–Crippen LogP) is 2.72. The molecule has 3 aliphatic rings. The number of ether oxygens (including phenoxy) is 1. The normalized spacial score (nSPS) is 21.6. The second-order valence-electron chi connectivity index (χ2n) is 8.08. The molecule has 2 aliphatic carbocycles. The second kappa shape index (κ2) is 6.49. The molecule has 8 heteroatoms. The molecular weight excluding hydrogens is 374 g/mol. The predicted molar refractivity (Wildman–Crippen MR) is 109 cm³/mol. The average molecular weight is 402 g/mol. The number of benzene rings is 1. The van der Waals surface area contributed by atoms with Gasteiger partial charge < -0.3 is 10.1 Å². The van der Waals surface area contributed by atoms with Crippen molar-refractivity contribution in [2.45, 2.75) is 69.9 Å². The van der Waals surface area contributed by atoms with Crippen LogP contribution in [0.4, 0.5) is 5.69 Å². The van der Waals surface area contributed by atoms with E-state index in [1.54, 1.807) is 4.68 Å². The van der Waals surface area contributed by atoms with E-state index in [1.165, 1.54) is 52.5 Å². The number of hydrogen-bond acceptors (Lipinski definition) is 5. The number of nitrogens with zero attached hydrogens (tertiary/aromatic N) is 3. The van der Waals surface area contributed by atoms with Crippen LogP contribution in [0.5, 0.6) is 5.88 Å². The van der Waals surface area contributed by atoms with E-state index in [-0.39, 0.29) is 12.8 Å². The molecule has 0 saturated heterocycles. The van der Waals surface area contributed by atoms with Gasteiger partial charge in [-0.05, 0) is 80.2 Å². The highest BCUT2D eigenvalue weighted by Gasteiger charge is 2.29. The molecule has 1 aliphatic heterocycles. The van der Waals surface area contributed by atoms with Gasteiger partial charge in [0.25, 0.3) is 0 Å². The zero-order valence-electron chi connectivity index (χ0n) is 16.5. The summed E-state index contributed by atoms with van der Waals surface area (Å²) in [6.07, 6.45) is 8.46. The topological polar surface area (TPSA) is 94.5 Å². The van der Waals surface area contributed by atoms with E-state index in [9.17, 15) is 4.21 Å². The van der Waals surface area contributed by atoms with Gasteiger partial charge in [0.2, 0.25) is 5.88 Å². The maximum atomic E-state index is 13.1. The molecule has 0 spiro atoms. The SMILES string of the molecule is Cc1c2c(c(NCN=S(N)(=O)c3cnn4c3O[C@@H](C)C4)c3c1CCC3)CCC2. The van der Waals surface area contributed by atoms with Crippen molar-refractivity contribution < 1.29 is 8.95 Å². The Kier molecular flexibility index (Phi) is 4.17. The lowest BCUT2D eigenvalue weighted by atomic mass is 9.93. The maximum absolute atomic E-state index is 13.1. The Morgan fingerprint density at radius 3 is 2.57 bits per heavy atom. The zero-order valence-corrected chi connectivity index (χ0v) is 17.3. The first kappa shape index (κ1) is 18.0. The highest BCUT2D eigenvalue weighted by molar-refractivity contribution is 7.91. The van der Waals surface area contributed by atoms with Gasteiger partial charge >= 0.3 is 0 Å². The Balaban J connectivity index is 1.44. The smallest absolute Gasteiger partial charge is 0.231 e. The van der Waals surface area contributed by atoms with Crippen molar-refractivity contribution >= 4 is 15.6 Å². The largest absolute Gasteiger partial charge is 0.472 e. The number of anilines is 1. The highest BCUT2D eigenvalue weighted by Crippen LogP contribution is 2.41. The summed E-state index contributed by atoms with van der Waals surface area (Å²) in [7, 11) is -3.07. The number of hydrogen-bond donors (Lipinski definition) is 2. The van der Waals surface area contributed by atoms with Gasteiger partial charge in [-0.2, -0.15) is 9.46 Å². The number of nitrogens with one attached hydrogen (secondary N) is 1. The lowest BCUT2D eigenvalue weighted by Crippen LogP contribution is -2.17. The van der Waals surface area contributed by atoms with Gasteiger partial charge in [0.1, 0.15) is 27.6 Å². The van der Waals surface area contributed by atoms with E-state index < -0.39 is 9.92 Å². The number of rotatable bonds is 4. The molecule has 3 N–H and O–H groups in total. The minimum atomic E-state index is -3.07. The monoisotopic (exact) mass is 401 g/mol. The third kappa shape index (κ3) is 2.73. The molecule has 5 rings (SSSR count). The van der Waals surface area contributed by atoms with Gasteiger partial charge in [-0.25, -0.2) is 14.0 Å². The van der Waals surface area contributed by atoms with Crippen LogP contribution >= 0.6 is 0 Å². The van der Waals surface area contributed by atoms with Gasteiger partial charge in [0, 0.05) is 5.69 Å². The summed E-state index contributed by atoms with van der Waals surface area (Å²) in [6.45, 7) is 5.09. The van der Waals surface area contributed by atoms with E-state index in [1.807, 2.05) is 6.92 Å². The lowest BCUT2D eigenvalue weighted by molar-refractivity contribution is 0.248. The summed E-state index contributed by atoms with van der Waals surface area (Å²) in [6, 6.07) is 0. The van der Waals surface area contributed by atoms with E-state index in [0.717, 1.165) is 25.7 Å². The first-order valence-corrected chi connectivity index (χ1v) is 11.7. The molecule has 0 radical (unpaired) electrons. The van der Waals surface area contributed by atoms with Crippen LogP contribution in [-0.4, -0.2) is 26.8 Å². The van der Waals surface area contributed by atoms with Crippen LogP contribution in [0.2, 0.25) is 0 Å². The fourth-order valence-corrected chi connectivity index (χ4v) is 6.00. The van der Waals surface area contributed by atoms with Crippen LogP contribution < -0.4 is 15.2 Å². The minimum absolute atomic E-state index is 0.00788.